The molecular formula is C11H20O5. The third kappa shape index (κ3) is 5.70. The molecule has 16 heavy (non-hydrogen) atoms. The summed E-state index contributed by atoms with van der Waals surface area (Å²) in [4.78, 5) is 22.4. The highest BCUT2D eigenvalue weighted by atomic mass is 16.6. The zero-order chi connectivity index (χ0) is 12.9. The first kappa shape index (κ1) is 14.9. The molecule has 0 aliphatic carbocycles. The lowest BCUT2D eigenvalue weighted by Gasteiger charge is -2.22. The number of carboxylic acids is 1. The molecule has 5 heteroatoms. The van der Waals surface area contributed by atoms with Crippen molar-refractivity contribution >= 4 is 11.9 Å². The molecular weight excluding hydrogens is 212 g/mol. The van der Waals surface area contributed by atoms with Crippen LogP contribution in [-0.4, -0.2) is 35.9 Å². The van der Waals surface area contributed by atoms with Crippen LogP contribution in [0.25, 0.3) is 0 Å². The number of esters is 1. The van der Waals surface area contributed by atoms with Crippen LogP contribution in [0.2, 0.25) is 0 Å². The zero-order valence-electron chi connectivity index (χ0n) is 10.4. The Hall–Kier alpha value is -1.10. The summed E-state index contributed by atoms with van der Waals surface area (Å²) in [6.45, 7) is 6.82. The summed E-state index contributed by atoms with van der Waals surface area (Å²) in [7, 11) is 1.41. The van der Waals surface area contributed by atoms with Gasteiger partial charge in [-0.05, 0) is 27.7 Å². The standard InChI is InChI=1S/C11H20O5/c1-7(15-5)8(10(13)14)6-9(12)16-11(2,3)4/h7-8H,6H2,1-5H3,(H,13,14)/t7-,8+/m0/s1. The van der Waals surface area contributed by atoms with Crippen LogP contribution in [0, 0.1) is 5.92 Å². The minimum Gasteiger partial charge on any atom is -0.481 e. The molecule has 0 rings (SSSR count). The van der Waals surface area contributed by atoms with Crippen molar-refractivity contribution in [2.24, 2.45) is 5.92 Å². The molecule has 0 bridgehead atoms. The molecule has 0 aromatic carbocycles. The first-order valence-corrected chi connectivity index (χ1v) is 5.15. The largest absolute Gasteiger partial charge is 0.481 e. The van der Waals surface area contributed by atoms with E-state index in [1.807, 2.05) is 0 Å². The van der Waals surface area contributed by atoms with E-state index in [1.165, 1.54) is 7.11 Å². The Morgan fingerprint density at radius 2 is 1.81 bits per heavy atom. The van der Waals surface area contributed by atoms with E-state index in [0.717, 1.165) is 0 Å². The van der Waals surface area contributed by atoms with Gasteiger partial charge in [0.05, 0.1) is 18.4 Å². The fourth-order valence-electron chi connectivity index (χ4n) is 1.18. The van der Waals surface area contributed by atoms with E-state index in [1.54, 1.807) is 27.7 Å². The topological polar surface area (TPSA) is 72.8 Å². The fraction of sp³-hybridized carbons (Fsp3) is 0.818. The average molecular weight is 232 g/mol. The predicted molar refractivity (Wildman–Crippen MR) is 58.1 cm³/mol. The van der Waals surface area contributed by atoms with Crippen LogP contribution in [0.15, 0.2) is 0 Å². The minimum absolute atomic E-state index is 0.179. The third-order valence-electron chi connectivity index (χ3n) is 2.06. The quantitative estimate of drug-likeness (QED) is 0.726. The summed E-state index contributed by atoms with van der Waals surface area (Å²) < 4.78 is 9.97. The Balaban J connectivity index is 4.42. The summed E-state index contributed by atoms with van der Waals surface area (Å²) in [5.41, 5.74) is -0.601. The van der Waals surface area contributed by atoms with Gasteiger partial charge in [-0.25, -0.2) is 0 Å². The normalized spacial score (nSPS) is 15.3. The number of carbonyl (C=O) groups excluding carboxylic acids is 1. The van der Waals surface area contributed by atoms with Crippen molar-refractivity contribution in [3.8, 4) is 0 Å². The number of hydrogen-bond acceptors (Lipinski definition) is 4. The molecule has 0 aliphatic heterocycles. The van der Waals surface area contributed by atoms with Gasteiger partial charge in [-0.1, -0.05) is 0 Å². The number of ether oxygens (including phenoxy) is 2. The van der Waals surface area contributed by atoms with Crippen molar-refractivity contribution in [1.29, 1.82) is 0 Å². The summed E-state index contributed by atoms with van der Waals surface area (Å²) in [6, 6.07) is 0. The molecule has 0 aliphatic rings. The number of aliphatic carboxylic acids is 1. The highest BCUT2D eigenvalue weighted by molar-refractivity contribution is 5.79. The second kappa shape index (κ2) is 5.84. The molecule has 0 heterocycles. The van der Waals surface area contributed by atoms with Crippen molar-refractivity contribution in [2.75, 3.05) is 7.11 Å². The summed E-state index contributed by atoms with van der Waals surface area (Å²) >= 11 is 0. The smallest absolute Gasteiger partial charge is 0.309 e. The van der Waals surface area contributed by atoms with Crippen LogP contribution in [0.3, 0.4) is 0 Å². The molecule has 2 atom stereocenters. The highest BCUT2D eigenvalue weighted by Gasteiger charge is 2.29. The first-order valence-electron chi connectivity index (χ1n) is 5.15. The van der Waals surface area contributed by atoms with Crippen molar-refractivity contribution in [1.82, 2.24) is 0 Å². The van der Waals surface area contributed by atoms with Gasteiger partial charge in [-0.2, -0.15) is 0 Å². The molecule has 5 nitrogen and oxygen atoms in total. The van der Waals surface area contributed by atoms with Gasteiger partial charge in [0.25, 0.3) is 0 Å². The summed E-state index contributed by atoms with van der Waals surface area (Å²) in [5, 5.41) is 8.93. The summed E-state index contributed by atoms with van der Waals surface area (Å²) in [6.07, 6.45) is -0.702. The van der Waals surface area contributed by atoms with E-state index in [4.69, 9.17) is 14.6 Å². The molecule has 0 aromatic heterocycles. The van der Waals surface area contributed by atoms with Crippen LogP contribution in [-0.2, 0) is 19.1 Å². The maximum atomic E-state index is 11.5. The molecule has 0 spiro atoms. The van der Waals surface area contributed by atoms with Gasteiger partial charge < -0.3 is 14.6 Å². The molecule has 94 valence electrons. The molecule has 0 unspecified atom stereocenters. The third-order valence-corrected chi connectivity index (χ3v) is 2.06. The van der Waals surface area contributed by atoms with Gasteiger partial charge in [0.15, 0.2) is 0 Å². The van der Waals surface area contributed by atoms with Crippen molar-refractivity contribution in [2.45, 2.75) is 45.8 Å². The number of carbonyl (C=O) groups is 2. The molecule has 0 saturated carbocycles. The Bertz CT molecular complexity index is 254. The van der Waals surface area contributed by atoms with Crippen LogP contribution in [0.1, 0.15) is 34.1 Å². The van der Waals surface area contributed by atoms with Gasteiger partial charge in [-0.15, -0.1) is 0 Å². The van der Waals surface area contributed by atoms with Crippen LogP contribution in [0.5, 0.6) is 0 Å². The maximum Gasteiger partial charge on any atom is 0.309 e. The molecule has 0 fully saturated rings. The Labute approximate surface area is 95.7 Å². The SMILES string of the molecule is CO[C@@H](C)[C@@H](CC(=O)OC(C)(C)C)C(=O)O. The maximum absolute atomic E-state index is 11.5. The lowest BCUT2D eigenvalue weighted by molar-refractivity contribution is -0.162. The van der Waals surface area contributed by atoms with Crippen molar-refractivity contribution in [3.05, 3.63) is 0 Å². The Morgan fingerprint density at radius 1 is 1.31 bits per heavy atom. The van der Waals surface area contributed by atoms with E-state index in [-0.39, 0.29) is 6.42 Å². The zero-order valence-corrected chi connectivity index (χ0v) is 10.4. The Kier molecular flexibility index (Phi) is 5.44. The minimum atomic E-state index is -1.06. The number of carboxylic acid groups (broad SMARTS) is 1. The van der Waals surface area contributed by atoms with Crippen molar-refractivity contribution < 1.29 is 24.2 Å². The first-order chi connectivity index (χ1) is 7.17. The van der Waals surface area contributed by atoms with Gasteiger partial charge in [-0.3, -0.25) is 9.59 Å². The molecule has 1 N–H and O–H groups in total. The van der Waals surface area contributed by atoms with Gasteiger partial charge in [0.2, 0.25) is 0 Å². The number of rotatable bonds is 5. The van der Waals surface area contributed by atoms with Crippen LogP contribution < -0.4 is 0 Å². The van der Waals surface area contributed by atoms with E-state index < -0.39 is 29.6 Å². The highest BCUT2D eigenvalue weighted by Crippen LogP contribution is 2.16. The second-order valence-electron chi connectivity index (χ2n) is 4.68. The lowest BCUT2D eigenvalue weighted by atomic mass is 10.00. The van der Waals surface area contributed by atoms with E-state index in [2.05, 4.69) is 0 Å². The van der Waals surface area contributed by atoms with Gasteiger partial charge in [0, 0.05) is 7.11 Å². The molecule has 0 amide bonds. The monoisotopic (exact) mass is 232 g/mol. The van der Waals surface area contributed by atoms with Crippen LogP contribution >= 0.6 is 0 Å². The van der Waals surface area contributed by atoms with E-state index in [0.29, 0.717) is 0 Å². The summed E-state index contributed by atoms with van der Waals surface area (Å²) in [5.74, 6) is -2.45. The average Bonchev–Trinajstić information content (AvgIpc) is 2.09. The second-order valence-corrected chi connectivity index (χ2v) is 4.68. The van der Waals surface area contributed by atoms with Crippen LogP contribution in [0.4, 0.5) is 0 Å². The van der Waals surface area contributed by atoms with E-state index >= 15 is 0 Å². The fourth-order valence-corrected chi connectivity index (χ4v) is 1.18. The van der Waals surface area contributed by atoms with E-state index in [9.17, 15) is 9.59 Å². The van der Waals surface area contributed by atoms with Crippen molar-refractivity contribution in [3.63, 3.8) is 0 Å². The predicted octanol–water partition coefficient (Wildman–Crippen LogP) is 1.45. The van der Waals surface area contributed by atoms with Gasteiger partial charge in [0.1, 0.15) is 5.60 Å². The van der Waals surface area contributed by atoms with Gasteiger partial charge >= 0.3 is 11.9 Å². The molecule has 0 aromatic rings. The molecule has 0 radical (unpaired) electrons. The number of hydrogen-bond donors (Lipinski definition) is 1. The Morgan fingerprint density at radius 3 is 2.12 bits per heavy atom. The number of methoxy groups -OCH3 is 1. The lowest BCUT2D eigenvalue weighted by Crippen LogP contribution is -2.32. The molecule has 0 saturated heterocycles.